The van der Waals surface area contributed by atoms with Crippen molar-refractivity contribution in [1.29, 1.82) is 0 Å². The zero-order chi connectivity index (χ0) is 23.4. The van der Waals surface area contributed by atoms with E-state index in [0.717, 1.165) is 63.5 Å². The van der Waals surface area contributed by atoms with Crippen LogP contribution >= 0.6 is 0 Å². The molecule has 6 fully saturated rings. The largest absolute Gasteiger partial charge is 0.390 e. The lowest BCUT2D eigenvalue weighted by atomic mass is 9.52. The molecule has 1 saturated heterocycles. The van der Waals surface area contributed by atoms with Gasteiger partial charge >= 0.3 is 0 Å². The first-order valence-electron chi connectivity index (χ1n) is 13.4. The Kier molecular flexibility index (Phi) is 5.54. The molecular weight excluding hydrogens is 430 g/mol. The SMILES string of the molecule is CCN1CC(Nc2ncc(C(=O)NC3C4CC5CC3CC(O)(C5)C4)c(C3CCCC3)n2)CC1=O. The predicted molar refractivity (Wildman–Crippen MR) is 127 cm³/mol. The van der Waals surface area contributed by atoms with Crippen LogP contribution in [0, 0.1) is 17.8 Å². The van der Waals surface area contributed by atoms with Gasteiger partial charge in [-0.05, 0) is 69.6 Å². The van der Waals surface area contributed by atoms with E-state index >= 15 is 0 Å². The van der Waals surface area contributed by atoms with Crippen LogP contribution in [-0.4, -0.2) is 62.6 Å². The first kappa shape index (κ1) is 22.3. The van der Waals surface area contributed by atoms with Crippen molar-refractivity contribution in [1.82, 2.24) is 20.2 Å². The van der Waals surface area contributed by atoms with Crippen LogP contribution in [0.25, 0.3) is 0 Å². The van der Waals surface area contributed by atoms with E-state index in [1.165, 1.54) is 0 Å². The molecule has 4 bridgehead atoms. The van der Waals surface area contributed by atoms with E-state index in [1.54, 1.807) is 6.20 Å². The van der Waals surface area contributed by atoms with Crippen molar-refractivity contribution >= 4 is 17.8 Å². The average Bonchev–Trinajstić information content (AvgIpc) is 3.44. The lowest BCUT2D eigenvalue weighted by Gasteiger charge is -2.58. The maximum atomic E-state index is 13.5. The lowest BCUT2D eigenvalue weighted by molar-refractivity contribution is -0.137. The molecule has 34 heavy (non-hydrogen) atoms. The van der Waals surface area contributed by atoms with Gasteiger partial charge in [-0.3, -0.25) is 9.59 Å². The zero-order valence-corrected chi connectivity index (χ0v) is 20.1. The summed E-state index contributed by atoms with van der Waals surface area (Å²) in [4.78, 5) is 36.9. The van der Waals surface area contributed by atoms with Gasteiger partial charge in [0.25, 0.3) is 5.91 Å². The third-order valence-corrected chi connectivity index (χ3v) is 9.27. The van der Waals surface area contributed by atoms with E-state index < -0.39 is 5.60 Å². The summed E-state index contributed by atoms with van der Waals surface area (Å²) in [6.07, 6.45) is 11.4. The summed E-state index contributed by atoms with van der Waals surface area (Å²) in [7, 11) is 0. The monoisotopic (exact) mass is 467 g/mol. The first-order valence-corrected chi connectivity index (χ1v) is 13.4. The third kappa shape index (κ3) is 3.97. The molecule has 0 radical (unpaired) electrons. The fourth-order valence-corrected chi connectivity index (χ4v) is 7.95. The predicted octanol–water partition coefficient (Wildman–Crippen LogP) is 2.84. The molecule has 2 heterocycles. The minimum atomic E-state index is -0.502. The molecule has 8 heteroatoms. The Balaban J connectivity index is 1.21. The van der Waals surface area contributed by atoms with E-state index in [2.05, 4.69) is 15.6 Å². The Bertz CT molecular complexity index is 961. The van der Waals surface area contributed by atoms with Crippen LogP contribution in [0.5, 0.6) is 0 Å². The number of nitrogens with one attached hydrogen (secondary N) is 2. The highest BCUT2D eigenvalue weighted by atomic mass is 16.3. The number of rotatable bonds is 6. The number of anilines is 1. The second-order valence-electron chi connectivity index (χ2n) is 11.6. The number of likely N-dealkylation sites (N-methyl/N-ethyl adjacent to an activating group) is 1. The number of nitrogens with zero attached hydrogens (tertiary/aromatic N) is 3. The van der Waals surface area contributed by atoms with Crippen LogP contribution in [0.2, 0.25) is 0 Å². The van der Waals surface area contributed by atoms with Gasteiger partial charge in [-0.25, -0.2) is 9.97 Å². The molecule has 6 aliphatic rings. The zero-order valence-electron chi connectivity index (χ0n) is 20.1. The number of carbonyl (C=O) groups excluding carboxylic acids is 2. The third-order valence-electron chi connectivity index (χ3n) is 9.27. The number of hydrogen-bond donors (Lipinski definition) is 3. The molecule has 1 aromatic heterocycles. The van der Waals surface area contributed by atoms with Crippen LogP contribution in [0.3, 0.4) is 0 Å². The van der Waals surface area contributed by atoms with Gasteiger partial charge in [-0.1, -0.05) is 12.8 Å². The molecular formula is C26H37N5O3. The number of aliphatic hydroxyl groups is 1. The number of amides is 2. The van der Waals surface area contributed by atoms with Crippen LogP contribution in [0.4, 0.5) is 5.95 Å². The molecule has 7 rings (SSSR count). The first-order chi connectivity index (χ1) is 16.4. The molecule has 184 valence electrons. The number of aromatic nitrogens is 2. The maximum Gasteiger partial charge on any atom is 0.254 e. The molecule has 1 aromatic rings. The van der Waals surface area contributed by atoms with Crippen molar-refractivity contribution in [3.8, 4) is 0 Å². The van der Waals surface area contributed by atoms with E-state index in [1.807, 2.05) is 11.8 Å². The van der Waals surface area contributed by atoms with Crippen molar-refractivity contribution in [3.05, 3.63) is 17.5 Å². The van der Waals surface area contributed by atoms with E-state index in [4.69, 9.17) is 4.98 Å². The fraction of sp³-hybridized carbons (Fsp3) is 0.769. The quantitative estimate of drug-likeness (QED) is 0.594. The Labute approximate surface area is 201 Å². The molecule has 0 aromatic carbocycles. The van der Waals surface area contributed by atoms with Gasteiger partial charge < -0.3 is 20.6 Å². The second kappa shape index (κ2) is 8.47. The normalized spacial score (nSPS) is 36.9. The van der Waals surface area contributed by atoms with Crippen LogP contribution in [0.1, 0.15) is 93.1 Å². The fourth-order valence-electron chi connectivity index (χ4n) is 7.95. The van der Waals surface area contributed by atoms with Crippen molar-refractivity contribution in [3.63, 3.8) is 0 Å². The van der Waals surface area contributed by atoms with E-state index in [9.17, 15) is 14.7 Å². The highest BCUT2D eigenvalue weighted by Crippen LogP contribution is 2.55. The standard InChI is InChI=1S/C26H37N5O3/c1-2-31-14-19(9-21(31)32)28-25-27-13-20(23(30-25)16-5-3-4-6-16)24(33)29-22-17-7-15-8-18(22)12-26(34,10-15)11-17/h13,15-19,22,34H,2-12,14H2,1H3,(H,29,33)(H,27,28,30). The molecule has 8 nitrogen and oxygen atoms in total. The number of hydrogen-bond acceptors (Lipinski definition) is 6. The summed E-state index contributed by atoms with van der Waals surface area (Å²) >= 11 is 0. The van der Waals surface area contributed by atoms with Crippen molar-refractivity contribution in [2.45, 2.75) is 94.7 Å². The van der Waals surface area contributed by atoms with Crippen molar-refractivity contribution in [2.75, 3.05) is 18.4 Å². The van der Waals surface area contributed by atoms with Crippen LogP contribution < -0.4 is 10.6 Å². The van der Waals surface area contributed by atoms with Crippen molar-refractivity contribution in [2.24, 2.45) is 17.8 Å². The van der Waals surface area contributed by atoms with Gasteiger partial charge in [0.1, 0.15) is 0 Å². The summed E-state index contributed by atoms with van der Waals surface area (Å²) in [5.41, 5.74) is 0.951. The molecule has 3 unspecified atom stereocenters. The van der Waals surface area contributed by atoms with Crippen LogP contribution in [-0.2, 0) is 4.79 Å². The molecule has 1 aliphatic heterocycles. The summed E-state index contributed by atoms with van der Waals surface area (Å²) in [5.74, 6) is 2.26. The Hall–Kier alpha value is -2.22. The summed E-state index contributed by atoms with van der Waals surface area (Å²) in [6, 6.07) is 0.144. The minimum absolute atomic E-state index is 0.00223. The molecule has 3 N–H and O–H groups in total. The highest BCUT2D eigenvalue weighted by molar-refractivity contribution is 5.95. The van der Waals surface area contributed by atoms with Gasteiger partial charge in [-0.15, -0.1) is 0 Å². The Morgan fingerprint density at radius 1 is 1.21 bits per heavy atom. The highest BCUT2D eigenvalue weighted by Gasteiger charge is 2.55. The van der Waals surface area contributed by atoms with Gasteiger partial charge in [0, 0.05) is 37.7 Å². The Morgan fingerprint density at radius 2 is 1.94 bits per heavy atom. The minimum Gasteiger partial charge on any atom is -0.390 e. The Morgan fingerprint density at radius 3 is 2.59 bits per heavy atom. The topological polar surface area (TPSA) is 107 Å². The van der Waals surface area contributed by atoms with Crippen molar-refractivity contribution < 1.29 is 14.7 Å². The lowest BCUT2D eigenvalue weighted by Crippen LogP contribution is -2.61. The van der Waals surface area contributed by atoms with Gasteiger partial charge in [0.15, 0.2) is 0 Å². The molecule has 3 atom stereocenters. The molecule has 5 saturated carbocycles. The average molecular weight is 468 g/mol. The summed E-state index contributed by atoms with van der Waals surface area (Å²) in [6.45, 7) is 3.37. The van der Waals surface area contributed by atoms with E-state index in [0.29, 0.717) is 48.8 Å². The smallest absolute Gasteiger partial charge is 0.254 e. The number of likely N-dealkylation sites (tertiary alicyclic amines) is 1. The molecule has 2 amide bonds. The van der Waals surface area contributed by atoms with Crippen LogP contribution in [0.15, 0.2) is 6.20 Å². The second-order valence-corrected chi connectivity index (χ2v) is 11.6. The summed E-state index contributed by atoms with van der Waals surface area (Å²) < 4.78 is 0. The number of carbonyl (C=O) groups is 2. The van der Waals surface area contributed by atoms with E-state index in [-0.39, 0.29) is 29.8 Å². The van der Waals surface area contributed by atoms with Gasteiger partial charge in [0.05, 0.1) is 22.9 Å². The van der Waals surface area contributed by atoms with Gasteiger partial charge in [0.2, 0.25) is 11.9 Å². The molecule has 5 aliphatic carbocycles. The van der Waals surface area contributed by atoms with Gasteiger partial charge in [-0.2, -0.15) is 0 Å². The summed E-state index contributed by atoms with van der Waals surface area (Å²) in [5, 5.41) is 17.6. The molecule has 0 spiro atoms. The maximum absolute atomic E-state index is 13.5.